The van der Waals surface area contributed by atoms with E-state index in [0.717, 1.165) is 19.6 Å². The molecule has 0 atom stereocenters. The molecule has 0 fully saturated rings. The summed E-state index contributed by atoms with van der Waals surface area (Å²) in [4.78, 5) is 3.81. The largest absolute Gasteiger partial charge is 0.379 e. The molecule has 0 radical (unpaired) electrons. The van der Waals surface area contributed by atoms with E-state index in [2.05, 4.69) is 10.1 Å². The monoisotopic (exact) mass is 170 g/mol. The van der Waals surface area contributed by atoms with Crippen molar-refractivity contribution in [2.24, 2.45) is 5.73 Å². The van der Waals surface area contributed by atoms with Crippen LogP contribution >= 0.6 is 0 Å². The van der Waals surface area contributed by atoms with Crippen LogP contribution in [0.2, 0.25) is 0 Å². The number of aromatic nitrogens is 3. The number of nitrogens with two attached hydrogens (primary N) is 1. The van der Waals surface area contributed by atoms with E-state index in [1.165, 1.54) is 6.33 Å². The third kappa shape index (κ3) is 3.45. The smallest absolute Gasteiger partial charge is 0.137 e. The van der Waals surface area contributed by atoms with E-state index < -0.39 is 0 Å². The molecule has 1 rings (SSSR count). The van der Waals surface area contributed by atoms with E-state index in [4.69, 9.17) is 10.5 Å². The number of hydrogen-bond donors (Lipinski definition) is 1. The van der Waals surface area contributed by atoms with Crippen molar-refractivity contribution in [3.05, 3.63) is 12.7 Å². The molecule has 5 heteroatoms. The van der Waals surface area contributed by atoms with Crippen LogP contribution in [0.5, 0.6) is 0 Å². The van der Waals surface area contributed by atoms with Gasteiger partial charge in [0, 0.05) is 6.61 Å². The SMILES string of the molecule is NCCCOCCn1cncn1. The lowest BCUT2D eigenvalue weighted by molar-refractivity contribution is 0.123. The third-order valence-corrected chi connectivity index (χ3v) is 1.42. The molecular formula is C7H14N4O. The highest BCUT2D eigenvalue weighted by molar-refractivity contribution is 4.54. The van der Waals surface area contributed by atoms with Gasteiger partial charge in [-0.1, -0.05) is 0 Å². The Bertz CT molecular complexity index is 187. The highest BCUT2D eigenvalue weighted by atomic mass is 16.5. The number of rotatable bonds is 6. The van der Waals surface area contributed by atoms with E-state index in [0.29, 0.717) is 13.2 Å². The highest BCUT2D eigenvalue weighted by Gasteiger charge is 1.90. The zero-order valence-corrected chi connectivity index (χ0v) is 7.02. The molecule has 5 nitrogen and oxygen atoms in total. The topological polar surface area (TPSA) is 66.0 Å². The van der Waals surface area contributed by atoms with Crippen LogP contribution in [-0.4, -0.2) is 34.5 Å². The fourth-order valence-corrected chi connectivity index (χ4v) is 0.794. The van der Waals surface area contributed by atoms with Gasteiger partial charge in [-0.05, 0) is 13.0 Å². The van der Waals surface area contributed by atoms with Crippen LogP contribution in [-0.2, 0) is 11.3 Å². The van der Waals surface area contributed by atoms with E-state index in [9.17, 15) is 0 Å². The van der Waals surface area contributed by atoms with Gasteiger partial charge in [-0.25, -0.2) is 4.98 Å². The number of ether oxygens (including phenoxy) is 1. The molecule has 1 heterocycles. The standard InChI is InChI=1S/C7H14N4O/c8-2-1-4-12-5-3-11-7-9-6-10-11/h6-7H,1-5,8H2. The molecule has 0 bridgehead atoms. The van der Waals surface area contributed by atoms with Crippen LogP contribution in [0.15, 0.2) is 12.7 Å². The van der Waals surface area contributed by atoms with Crippen molar-refractivity contribution in [2.45, 2.75) is 13.0 Å². The summed E-state index contributed by atoms with van der Waals surface area (Å²) in [6.45, 7) is 2.84. The summed E-state index contributed by atoms with van der Waals surface area (Å²) >= 11 is 0. The van der Waals surface area contributed by atoms with E-state index >= 15 is 0 Å². The molecule has 0 saturated heterocycles. The van der Waals surface area contributed by atoms with Crippen molar-refractivity contribution in [3.63, 3.8) is 0 Å². The van der Waals surface area contributed by atoms with Crippen molar-refractivity contribution in [1.29, 1.82) is 0 Å². The lowest BCUT2D eigenvalue weighted by atomic mass is 10.5. The molecule has 1 aromatic heterocycles. The minimum absolute atomic E-state index is 0.670. The fourth-order valence-electron chi connectivity index (χ4n) is 0.794. The van der Waals surface area contributed by atoms with Crippen LogP contribution in [0.4, 0.5) is 0 Å². The Balaban J connectivity index is 1.96. The Labute approximate surface area is 71.5 Å². The first-order valence-corrected chi connectivity index (χ1v) is 4.03. The van der Waals surface area contributed by atoms with Gasteiger partial charge in [0.05, 0.1) is 13.2 Å². The molecule has 0 aliphatic rings. The van der Waals surface area contributed by atoms with Crippen molar-refractivity contribution in [2.75, 3.05) is 19.8 Å². The van der Waals surface area contributed by atoms with Crippen molar-refractivity contribution >= 4 is 0 Å². The first kappa shape index (κ1) is 9.15. The van der Waals surface area contributed by atoms with E-state index in [1.807, 2.05) is 0 Å². The lowest BCUT2D eigenvalue weighted by Gasteiger charge is -2.02. The number of nitrogens with zero attached hydrogens (tertiary/aromatic N) is 3. The molecule has 0 unspecified atom stereocenters. The third-order valence-electron chi connectivity index (χ3n) is 1.42. The Hall–Kier alpha value is -0.940. The van der Waals surface area contributed by atoms with Gasteiger partial charge in [0.2, 0.25) is 0 Å². The van der Waals surface area contributed by atoms with Gasteiger partial charge in [0.15, 0.2) is 0 Å². The fraction of sp³-hybridized carbons (Fsp3) is 0.714. The van der Waals surface area contributed by atoms with Gasteiger partial charge in [-0.3, -0.25) is 4.68 Å². The maximum Gasteiger partial charge on any atom is 0.137 e. The molecule has 0 amide bonds. The second-order valence-electron chi connectivity index (χ2n) is 2.41. The molecule has 1 aromatic rings. The number of hydrogen-bond acceptors (Lipinski definition) is 4. The Morgan fingerprint density at radius 1 is 1.42 bits per heavy atom. The van der Waals surface area contributed by atoms with Gasteiger partial charge >= 0.3 is 0 Å². The predicted octanol–water partition coefficient (Wildman–Crippen LogP) is -0.357. The molecule has 0 aliphatic heterocycles. The summed E-state index contributed by atoms with van der Waals surface area (Å²) in [7, 11) is 0. The van der Waals surface area contributed by atoms with Gasteiger partial charge in [0.1, 0.15) is 12.7 Å². The van der Waals surface area contributed by atoms with E-state index in [-0.39, 0.29) is 0 Å². The quantitative estimate of drug-likeness (QED) is 0.592. The average Bonchev–Trinajstić information content (AvgIpc) is 2.57. The zero-order chi connectivity index (χ0) is 8.65. The molecule has 12 heavy (non-hydrogen) atoms. The summed E-state index contributed by atoms with van der Waals surface area (Å²) < 4.78 is 7.02. The summed E-state index contributed by atoms with van der Waals surface area (Å²) in [5, 5.41) is 3.93. The maximum absolute atomic E-state index is 5.30. The van der Waals surface area contributed by atoms with Gasteiger partial charge < -0.3 is 10.5 Å². The summed E-state index contributed by atoms with van der Waals surface area (Å²) in [5.74, 6) is 0. The lowest BCUT2D eigenvalue weighted by Crippen LogP contribution is -2.09. The van der Waals surface area contributed by atoms with Crippen LogP contribution in [0, 0.1) is 0 Å². The zero-order valence-electron chi connectivity index (χ0n) is 7.02. The van der Waals surface area contributed by atoms with Crippen LogP contribution in [0.25, 0.3) is 0 Å². The second kappa shape index (κ2) is 5.68. The minimum atomic E-state index is 0.670. The Morgan fingerprint density at radius 3 is 3.00 bits per heavy atom. The molecule has 0 saturated carbocycles. The molecule has 2 N–H and O–H groups in total. The predicted molar refractivity (Wildman–Crippen MR) is 44.5 cm³/mol. The van der Waals surface area contributed by atoms with Crippen LogP contribution in [0.3, 0.4) is 0 Å². The highest BCUT2D eigenvalue weighted by Crippen LogP contribution is 1.84. The molecular weight excluding hydrogens is 156 g/mol. The van der Waals surface area contributed by atoms with Crippen LogP contribution in [0.1, 0.15) is 6.42 Å². The molecule has 0 aliphatic carbocycles. The van der Waals surface area contributed by atoms with Gasteiger partial charge in [0.25, 0.3) is 0 Å². The summed E-state index contributed by atoms with van der Waals surface area (Å²) in [6.07, 6.45) is 4.10. The first-order chi connectivity index (χ1) is 5.93. The minimum Gasteiger partial charge on any atom is -0.379 e. The average molecular weight is 170 g/mol. The van der Waals surface area contributed by atoms with Crippen molar-refractivity contribution in [1.82, 2.24) is 14.8 Å². The van der Waals surface area contributed by atoms with Crippen LogP contribution < -0.4 is 5.73 Å². The maximum atomic E-state index is 5.30. The molecule has 0 aromatic carbocycles. The van der Waals surface area contributed by atoms with Crippen molar-refractivity contribution < 1.29 is 4.74 Å². The Morgan fingerprint density at radius 2 is 2.33 bits per heavy atom. The van der Waals surface area contributed by atoms with Gasteiger partial charge in [-0.15, -0.1) is 0 Å². The summed E-state index contributed by atoms with van der Waals surface area (Å²) in [6, 6.07) is 0. The second-order valence-corrected chi connectivity index (χ2v) is 2.41. The molecule has 0 spiro atoms. The molecule has 68 valence electrons. The Kier molecular flexibility index (Phi) is 4.33. The van der Waals surface area contributed by atoms with E-state index in [1.54, 1.807) is 11.0 Å². The normalized spacial score (nSPS) is 10.4. The van der Waals surface area contributed by atoms with Gasteiger partial charge in [-0.2, -0.15) is 5.10 Å². The summed E-state index contributed by atoms with van der Waals surface area (Å²) in [5.41, 5.74) is 5.30. The first-order valence-electron chi connectivity index (χ1n) is 4.03. The van der Waals surface area contributed by atoms with Crippen molar-refractivity contribution in [3.8, 4) is 0 Å².